The molecule has 1 amide bonds. The van der Waals surface area contributed by atoms with E-state index < -0.39 is 0 Å². The molecule has 8 nitrogen and oxygen atoms in total. The van der Waals surface area contributed by atoms with Crippen LogP contribution in [0.4, 0.5) is 0 Å². The molecule has 2 atom stereocenters. The first kappa shape index (κ1) is 17.6. The van der Waals surface area contributed by atoms with Gasteiger partial charge in [0.1, 0.15) is 0 Å². The maximum Gasteiger partial charge on any atom is 0.254 e. The Morgan fingerprint density at radius 1 is 0.926 bits per heavy atom. The summed E-state index contributed by atoms with van der Waals surface area (Å²) in [7, 11) is 4.66. The van der Waals surface area contributed by atoms with Crippen molar-refractivity contribution in [2.75, 3.05) is 21.3 Å². The predicted octanol–water partition coefficient (Wildman–Crippen LogP) is 2.31. The lowest BCUT2D eigenvalue weighted by Gasteiger charge is -2.38. The minimum absolute atomic E-state index is 0.00799. The topological polar surface area (TPSA) is 78.7 Å². The Bertz CT molecular complexity index is 784. The average Bonchev–Trinajstić information content (AvgIpc) is 3.32. The number of hydrogen-bond donors (Lipinski definition) is 0. The van der Waals surface area contributed by atoms with Gasteiger partial charge in [0.2, 0.25) is 5.75 Å². The molecule has 0 aliphatic carbocycles. The lowest BCUT2D eigenvalue weighted by atomic mass is 9.96. The highest BCUT2D eigenvalue weighted by Crippen LogP contribution is 2.43. The van der Waals surface area contributed by atoms with Gasteiger partial charge in [-0.05, 0) is 37.8 Å². The van der Waals surface area contributed by atoms with Crippen molar-refractivity contribution in [1.82, 2.24) is 19.9 Å². The van der Waals surface area contributed by atoms with Crippen LogP contribution in [0.2, 0.25) is 0 Å². The number of carbonyl (C=O) groups excluding carboxylic acids is 1. The first-order valence-electron chi connectivity index (χ1n) is 9.14. The van der Waals surface area contributed by atoms with Gasteiger partial charge < -0.3 is 19.1 Å². The monoisotopic (exact) mass is 372 g/mol. The molecule has 2 fully saturated rings. The fourth-order valence-electron chi connectivity index (χ4n) is 4.44. The number of methoxy groups -OCH3 is 3. The quantitative estimate of drug-likeness (QED) is 0.801. The van der Waals surface area contributed by atoms with Crippen molar-refractivity contribution in [2.24, 2.45) is 0 Å². The number of rotatable bonds is 5. The largest absolute Gasteiger partial charge is 0.493 e. The van der Waals surface area contributed by atoms with Crippen LogP contribution < -0.4 is 14.2 Å². The molecule has 3 heterocycles. The smallest absolute Gasteiger partial charge is 0.254 e. The summed E-state index contributed by atoms with van der Waals surface area (Å²) in [5, 5.41) is 8.57. The first-order valence-corrected chi connectivity index (χ1v) is 9.14. The van der Waals surface area contributed by atoms with Crippen LogP contribution in [0.15, 0.2) is 24.5 Å². The van der Waals surface area contributed by atoms with Crippen molar-refractivity contribution >= 4 is 5.91 Å². The van der Waals surface area contributed by atoms with Crippen LogP contribution in [0.3, 0.4) is 0 Å². The predicted molar refractivity (Wildman–Crippen MR) is 97.4 cm³/mol. The standard InChI is InChI=1S/C19H24N4O4/c1-25-16-8-12(9-17(26-2)18(16)27-3)19(24)22-13-4-5-14(22)11-15(10-13)23-20-6-7-21-23/h6-9,13-15H,4-5,10-11H2,1-3H3. The molecule has 144 valence electrons. The second-order valence-corrected chi connectivity index (χ2v) is 6.99. The summed E-state index contributed by atoms with van der Waals surface area (Å²) in [5.41, 5.74) is 0.553. The minimum Gasteiger partial charge on any atom is -0.493 e. The highest BCUT2D eigenvalue weighted by Gasteiger charge is 2.44. The number of benzene rings is 1. The van der Waals surface area contributed by atoms with Gasteiger partial charge >= 0.3 is 0 Å². The van der Waals surface area contributed by atoms with E-state index in [0.29, 0.717) is 22.8 Å². The molecular formula is C19H24N4O4. The molecule has 0 N–H and O–H groups in total. The average molecular weight is 372 g/mol. The minimum atomic E-state index is 0.00799. The SMILES string of the molecule is COc1cc(C(=O)N2C3CCC2CC(n2nccn2)C3)cc(OC)c1OC. The Hall–Kier alpha value is -2.77. The molecule has 1 aromatic carbocycles. The molecule has 2 unspecified atom stereocenters. The van der Waals surface area contributed by atoms with E-state index in [1.165, 1.54) is 0 Å². The zero-order valence-corrected chi connectivity index (χ0v) is 15.8. The van der Waals surface area contributed by atoms with Crippen molar-refractivity contribution < 1.29 is 19.0 Å². The molecule has 2 aliphatic heterocycles. The number of amides is 1. The molecule has 2 aliphatic rings. The van der Waals surface area contributed by atoms with Gasteiger partial charge in [-0.3, -0.25) is 4.79 Å². The normalized spacial score (nSPS) is 24.0. The Morgan fingerprint density at radius 3 is 1.96 bits per heavy atom. The zero-order valence-electron chi connectivity index (χ0n) is 15.8. The fourth-order valence-corrected chi connectivity index (χ4v) is 4.44. The Labute approximate surface area is 158 Å². The van der Waals surface area contributed by atoms with Gasteiger partial charge in [0.25, 0.3) is 5.91 Å². The van der Waals surface area contributed by atoms with E-state index in [9.17, 15) is 4.79 Å². The third-order valence-electron chi connectivity index (χ3n) is 5.62. The zero-order chi connectivity index (χ0) is 19.0. The summed E-state index contributed by atoms with van der Waals surface area (Å²) in [6.45, 7) is 0. The molecule has 4 rings (SSSR count). The van der Waals surface area contributed by atoms with E-state index >= 15 is 0 Å². The van der Waals surface area contributed by atoms with Crippen molar-refractivity contribution in [2.45, 2.75) is 43.8 Å². The number of nitrogens with zero attached hydrogens (tertiary/aromatic N) is 4. The molecule has 0 radical (unpaired) electrons. The van der Waals surface area contributed by atoms with Gasteiger partial charge in [0.05, 0.1) is 39.8 Å². The Balaban J connectivity index is 1.60. The number of ether oxygens (including phenoxy) is 3. The summed E-state index contributed by atoms with van der Waals surface area (Å²) >= 11 is 0. The maximum atomic E-state index is 13.3. The van der Waals surface area contributed by atoms with Gasteiger partial charge in [-0.2, -0.15) is 15.0 Å². The summed E-state index contributed by atoms with van der Waals surface area (Å²) in [6.07, 6.45) is 7.19. The lowest BCUT2D eigenvalue weighted by Crippen LogP contribution is -2.47. The molecule has 0 spiro atoms. The van der Waals surface area contributed by atoms with Crippen molar-refractivity contribution in [1.29, 1.82) is 0 Å². The van der Waals surface area contributed by atoms with Crippen LogP contribution in [0, 0.1) is 0 Å². The van der Waals surface area contributed by atoms with E-state index in [-0.39, 0.29) is 24.0 Å². The van der Waals surface area contributed by atoms with Gasteiger partial charge in [-0.15, -0.1) is 0 Å². The maximum absolute atomic E-state index is 13.3. The van der Waals surface area contributed by atoms with E-state index in [4.69, 9.17) is 14.2 Å². The van der Waals surface area contributed by atoms with Crippen LogP contribution in [-0.4, -0.2) is 59.2 Å². The number of fused-ring (bicyclic) bond motifs is 2. The van der Waals surface area contributed by atoms with Crippen LogP contribution in [0.1, 0.15) is 42.1 Å². The summed E-state index contributed by atoms with van der Waals surface area (Å²) in [6, 6.07) is 4.10. The van der Waals surface area contributed by atoms with E-state index in [1.807, 2.05) is 4.90 Å². The van der Waals surface area contributed by atoms with Crippen LogP contribution >= 0.6 is 0 Å². The summed E-state index contributed by atoms with van der Waals surface area (Å²) < 4.78 is 16.2. The highest BCUT2D eigenvalue weighted by molar-refractivity contribution is 5.96. The molecule has 27 heavy (non-hydrogen) atoms. The van der Waals surface area contributed by atoms with E-state index in [1.54, 1.807) is 50.7 Å². The van der Waals surface area contributed by atoms with Crippen molar-refractivity contribution in [3.63, 3.8) is 0 Å². The molecular weight excluding hydrogens is 348 g/mol. The molecule has 0 saturated carbocycles. The summed E-state index contributed by atoms with van der Waals surface area (Å²) in [5.74, 6) is 1.47. The van der Waals surface area contributed by atoms with E-state index in [2.05, 4.69) is 10.2 Å². The van der Waals surface area contributed by atoms with Crippen LogP contribution in [0.5, 0.6) is 17.2 Å². The third kappa shape index (κ3) is 2.98. The number of aromatic nitrogens is 3. The Kier molecular flexibility index (Phi) is 4.63. The Morgan fingerprint density at radius 2 is 1.48 bits per heavy atom. The highest BCUT2D eigenvalue weighted by atomic mass is 16.5. The fraction of sp³-hybridized carbons (Fsp3) is 0.526. The lowest BCUT2D eigenvalue weighted by molar-refractivity contribution is 0.0511. The van der Waals surface area contributed by atoms with Gasteiger partial charge in [0, 0.05) is 17.6 Å². The third-order valence-corrected chi connectivity index (χ3v) is 5.62. The molecule has 2 bridgehead atoms. The summed E-state index contributed by atoms with van der Waals surface area (Å²) in [4.78, 5) is 17.1. The van der Waals surface area contributed by atoms with Gasteiger partial charge in [-0.25, -0.2) is 0 Å². The van der Waals surface area contributed by atoms with Gasteiger partial charge in [0.15, 0.2) is 11.5 Å². The van der Waals surface area contributed by atoms with Crippen molar-refractivity contribution in [3.8, 4) is 17.2 Å². The molecule has 2 aromatic rings. The molecule has 1 aromatic heterocycles. The number of piperidine rings is 1. The molecule has 2 saturated heterocycles. The number of carbonyl (C=O) groups is 1. The van der Waals surface area contributed by atoms with Crippen LogP contribution in [-0.2, 0) is 0 Å². The number of hydrogen-bond acceptors (Lipinski definition) is 6. The van der Waals surface area contributed by atoms with Gasteiger partial charge in [-0.1, -0.05) is 0 Å². The van der Waals surface area contributed by atoms with Crippen LogP contribution in [0.25, 0.3) is 0 Å². The first-order chi connectivity index (χ1) is 13.2. The molecule has 8 heteroatoms. The van der Waals surface area contributed by atoms with Crippen molar-refractivity contribution in [3.05, 3.63) is 30.1 Å². The second-order valence-electron chi connectivity index (χ2n) is 6.99. The second kappa shape index (κ2) is 7.09. The van der Waals surface area contributed by atoms with E-state index in [0.717, 1.165) is 25.7 Å².